The minimum absolute atomic E-state index is 0.524. The van der Waals surface area contributed by atoms with Gasteiger partial charge in [-0.2, -0.15) is 0 Å². The third-order valence-electron chi connectivity index (χ3n) is 2.44. The van der Waals surface area contributed by atoms with E-state index in [1.165, 1.54) is 5.56 Å². The number of benzene rings is 1. The number of hydrogen-bond donors (Lipinski definition) is 0. The average molecular weight is 163 g/mol. The van der Waals surface area contributed by atoms with Gasteiger partial charge in [-0.3, -0.25) is 4.90 Å². The lowest BCUT2D eigenvalue weighted by Crippen LogP contribution is -2.21. The van der Waals surface area contributed by atoms with Crippen molar-refractivity contribution in [2.24, 2.45) is 0 Å². The highest BCUT2D eigenvalue weighted by atomic mass is 15.1. The van der Waals surface area contributed by atoms with E-state index in [4.69, 9.17) is 0 Å². The summed E-state index contributed by atoms with van der Waals surface area (Å²) in [6.07, 6.45) is 0. The summed E-state index contributed by atoms with van der Waals surface area (Å²) >= 11 is 0. The van der Waals surface area contributed by atoms with Gasteiger partial charge in [-0.1, -0.05) is 37.3 Å². The first-order chi connectivity index (χ1) is 5.75. The fourth-order valence-corrected chi connectivity index (χ4v) is 1.26. The van der Waals surface area contributed by atoms with Crippen molar-refractivity contribution in [2.45, 2.75) is 19.9 Å². The summed E-state index contributed by atoms with van der Waals surface area (Å²) in [6.45, 7) is 5.51. The van der Waals surface area contributed by atoms with Crippen LogP contribution in [0.1, 0.15) is 25.5 Å². The van der Waals surface area contributed by atoms with Crippen molar-refractivity contribution < 1.29 is 0 Å². The lowest BCUT2D eigenvalue weighted by atomic mass is 10.1. The van der Waals surface area contributed by atoms with E-state index in [1.54, 1.807) is 0 Å². The largest absolute Gasteiger partial charge is 0.300 e. The Kier molecular flexibility index (Phi) is 3.30. The molecule has 1 heteroatoms. The van der Waals surface area contributed by atoms with Gasteiger partial charge in [-0.15, -0.1) is 0 Å². The Morgan fingerprint density at radius 2 is 1.83 bits per heavy atom. The molecule has 0 heterocycles. The molecule has 0 fully saturated rings. The molecule has 66 valence electrons. The summed E-state index contributed by atoms with van der Waals surface area (Å²) in [7, 11) is 2.15. The molecule has 1 aromatic carbocycles. The van der Waals surface area contributed by atoms with E-state index in [-0.39, 0.29) is 0 Å². The molecule has 0 saturated heterocycles. The van der Waals surface area contributed by atoms with Gasteiger partial charge in [-0.25, -0.2) is 0 Å². The molecule has 0 amide bonds. The van der Waals surface area contributed by atoms with Gasteiger partial charge in [0.25, 0.3) is 0 Å². The number of nitrogens with zero attached hydrogens (tertiary/aromatic N) is 1. The summed E-state index contributed by atoms with van der Waals surface area (Å²) in [5.74, 6) is 0. The van der Waals surface area contributed by atoms with Crippen LogP contribution < -0.4 is 0 Å². The summed E-state index contributed by atoms with van der Waals surface area (Å²) in [5.41, 5.74) is 1.39. The van der Waals surface area contributed by atoms with Crippen LogP contribution in [0.5, 0.6) is 0 Å². The molecule has 1 rings (SSSR count). The van der Waals surface area contributed by atoms with Crippen molar-refractivity contribution in [3.05, 3.63) is 35.9 Å². The SMILES string of the molecule is CCN(C)C(C)c1ccccc1. The highest BCUT2D eigenvalue weighted by Gasteiger charge is 2.07. The highest BCUT2D eigenvalue weighted by molar-refractivity contribution is 5.17. The Hall–Kier alpha value is -0.820. The number of rotatable bonds is 3. The fourth-order valence-electron chi connectivity index (χ4n) is 1.26. The fraction of sp³-hybridized carbons (Fsp3) is 0.455. The van der Waals surface area contributed by atoms with E-state index in [2.05, 4.69) is 56.1 Å². The van der Waals surface area contributed by atoms with Gasteiger partial charge in [-0.05, 0) is 26.1 Å². The van der Waals surface area contributed by atoms with E-state index >= 15 is 0 Å². The molecule has 0 aliphatic heterocycles. The Bertz CT molecular complexity index is 218. The number of hydrogen-bond acceptors (Lipinski definition) is 1. The standard InChI is InChI=1S/C11H17N/c1-4-12(3)10(2)11-8-6-5-7-9-11/h5-10H,4H2,1-3H3. The molecular formula is C11H17N. The van der Waals surface area contributed by atoms with E-state index in [1.807, 2.05) is 0 Å². The Balaban J connectivity index is 2.71. The highest BCUT2D eigenvalue weighted by Crippen LogP contribution is 2.16. The summed E-state index contributed by atoms with van der Waals surface area (Å²) in [4.78, 5) is 2.33. The zero-order valence-corrected chi connectivity index (χ0v) is 8.12. The summed E-state index contributed by atoms with van der Waals surface area (Å²) in [5, 5.41) is 0. The van der Waals surface area contributed by atoms with Crippen molar-refractivity contribution in [1.29, 1.82) is 0 Å². The monoisotopic (exact) mass is 163 g/mol. The predicted molar refractivity (Wildman–Crippen MR) is 53.2 cm³/mol. The first-order valence-corrected chi connectivity index (χ1v) is 4.51. The van der Waals surface area contributed by atoms with Gasteiger partial charge in [0, 0.05) is 6.04 Å². The maximum Gasteiger partial charge on any atom is 0.0316 e. The van der Waals surface area contributed by atoms with Crippen LogP contribution in [0.3, 0.4) is 0 Å². The van der Waals surface area contributed by atoms with Crippen LogP contribution in [-0.4, -0.2) is 18.5 Å². The third-order valence-corrected chi connectivity index (χ3v) is 2.44. The van der Waals surface area contributed by atoms with Crippen molar-refractivity contribution in [1.82, 2.24) is 4.90 Å². The molecule has 0 aromatic heterocycles. The van der Waals surface area contributed by atoms with Gasteiger partial charge in [0.1, 0.15) is 0 Å². The Morgan fingerprint density at radius 3 is 2.33 bits per heavy atom. The second kappa shape index (κ2) is 4.27. The van der Waals surface area contributed by atoms with E-state index in [0.29, 0.717) is 6.04 Å². The molecule has 1 atom stereocenters. The molecule has 0 radical (unpaired) electrons. The van der Waals surface area contributed by atoms with Gasteiger partial charge < -0.3 is 0 Å². The zero-order valence-electron chi connectivity index (χ0n) is 8.12. The molecule has 0 aliphatic carbocycles. The van der Waals surface area contributed by atoms with Gasteiger partial charge in [0.15, 0.2) is 0 Å². The maximum atomic E-state index is 2.33. The molecule has 1 nitrogen and oxygen atoms in total. The van der Waals surface area contributed by atoms with E-state index < -0.39 is 0 Å². The van der Waals surface area contributed by atoms with Crippen molar-refractivity contribution in [2.75, 3.05) is 13.6 Å². The molecule has 0 aliphatic rings. The second-order valence-electron chi connectivity index (χ2n) is 3.16. The van der Waals surface area contributed by atoms with Crippen LogP contribution in [0.25, 0.3) is 0 Å². The zero-order chi connectivity index (χ0) is 8.97. The lowest BCUT2D eigenvalue weighted by Gasteiger charge is -2.23. The van der Waals surface area contributed by atoms with Gasteiger partial charge in [0.2, 0.25) is 0 Å². The minimum Gasteiger partial charge on any atom is -0.300 e. The summed E-state index contributed by atoms with van der Waals surface area (Å²) < 4.78 is 0. The molecule has 0 N–H and O–H groups in total. The van der Waals surface area contributed by atoms with Crippen LogP contribution in [0.4, 0.5) is 0 Å². The molecule has 0 bridgehead atoms. The lowest BCUT2D eigenvalue weighted by molar-refractivity contribution is 0.276. The topological polar surface area (TPSA) is 3.24 Å². The predicted octanol–water partition coefficient (Wildman–Crippen LogP) is 2.70. The minimum atomic E-state index is 0.524. The summed E-state index contributed by atoms with van der Waals surface area (Å²) in [6, 6.07) is 11.1. The first-order valence-electron chi connectivity index (χ1n) is 4.51. The maximum absolute atomic E-state index is 2.33. The van der Waals surface area contributed by atoms with Crippen molar-refractivity contribution in [3.8, 4) is 0 Å². The smallest absolute Gasteiger partial charge is 0.0316 e. The Morgan fingerprint density at radius 1 is 1.25 bits per heavy atom. The van der Waals surface area contributed by atoms with Gasteiger partial charge in [0.05, 0.1) is 0 Å². The van der Waals surface area contributed by atoms with Crippen LogP contribution in [-0.2, 0) is 0 Å². The quantitative estimate of drug-likeness (QED) is 0.662. The molecule has 0 saturated carbocycles. The van der Waals surface area contributed by atoms with E-state index in [9.17, 15) is 0 Å². The van der Waals surface area contributed by atoms with Gasteiger partial charge >= 0.3 is 0 Å². The molecule has 12 heavy (non-hydrogen) atoms. The third kappa shape index (κ3) is 2.08. The molecule has 0 spiro atoms. The van der Waals surface area contributed by atoms with Crippen molar-refractivity contribution >= 4 is 0 Å². The van der Waals surface area contributed by atoms with Crippen molar-refractivity contribution in [3.63, 3.8) is 0 Å². The van der Waals surface area contributed by atoms with Crippen LogP contribution >= 0.6 is 0 Å². The average Bonchev–Trinajstić information content (AvgIpc) is 2.17. The first kappa shape index (κ1) is 9.27. The van der Waals surface area contributed by atoms with Crippen LogP contribution in [0.2, 0.25) is 0 Å². The molecular weight excluding hydrogens is 146 g/mol. The Labute approximate surface area is 75.0 Å². The van der Waals surface area contributed by atoms with Crippen LogP contribution in [0, 0.1) is 0 Å². The normalized spacial score (nSPS) is 13.3. The molecule has 1 aromatic rings. The molecule has 1 unspecified atom stereocenters. The second-order valence-corrected chi connectivity index (χ2v) is 3.16. The van der Waals surface area contributed by atoms with E-state index in [0.717, 1.165) is 6.54 Å². The van der Waals surface area contributed by atoms with Crippen LogP contribution in [0.15, 0.2) is 30.3 Å².